The fourth-order valence-corrected chi connectivity index (χ4v) is 3.19. The van der Waals surface area contributed by atoms with Crippen LogP contribution >= 0.6 is 15.9 Å². The third-order valence-corrected chi connectivity index (χ3v) is 4.86. The van der Waals surface area contributed by atoms with Gasteiger partial charge >= 0.3 is 0 Å². The van der Waals surface area contributed by atoms with Crippen molar-refractivity contribution in [2.45, 2.75) is 32.3 Å². The third-order valence-electron chi connectivity index (χ3n) is 4.33. The second-order valence-electron chi connectivity index (χ2n) is 6.73. The highest BCUT2D eigenvalue weighted by Crippen LogP contribution is 2.30. The van der Waals surface area contributed by atoms with E-state index in [0.29, 0.717) is 5.75 Å². The van der Waals surface area contributed by atoms with Crippen molar-refractivity contribution in [1.29, 1.82) is 0 Å². The van der Waals surface area contributed by atoms with Crippen LogP contribution in [-0.2, 0) is 4.79 Å². The van der Waals surface area contributed by atoms with E-state index in [9.17, 15) is 4.79 Å². The van der Waals surface area contributed by atoms with Crippen LogP contribution in [-0.4, -0.2) is 24.6 Å². The zero-order chi connectivity index (χ0) is 17.9. The Morgan fingerprint density at radius 3 is 2.40 bits per heavy atom. The summed E-state index contributed by atoms with van der Waals surface area (Å²) in [5, 5.41) is 3.04. The Labute approximate surface area is 157 Å². The van der Waals surface area contributed by atoms with Crippen molar-refractivity contribution in [3.8, 4) is 5.75 Å². The Morgan fingerprint density at radius 2 is 1.72 bits per heavy atom. The number of carbonyl (C=O) groups excluding carboxylic acids is 1. The maximum atomic E-state index is 12.8. The van der Waals surface area contributed by atoms with Gasteiger partial charge in [0.25, 0.3) is 5.91 Å². The summed E-state index contributed by atoms with van der Waals surface area (Å²) < 4.78 is 6.88. The van der Waals surface area contributed by atoms with Crippen molar-refractivity contribution < 1.29 is 9.53 Å². The van der Waals surface area contributed by atoms with E-state index in [1.54, 1.807) is 13.8 Å². The smallest absolute Gasteiger partial charge is 0.268 e. The van der Waals surface area contributed by atoms with Gasteiger partial charge in [-0.2, -0.15) is 0 Å². The van der Waals surface area contributed by atoms with Crippen molar-refractivity contribution in [3.05, 3.63) is 53.0 Å². The normalized spacial score (nSPS) is 14.4. The summed E-state index contributed by atoms with van der Waals surface area (Å²) in [5.41, 5.74) is 0.932. The van der Waals surface area contributed by atoms with E-state index < -0.39 is 5.60 Å². The molecule has 1 aliphatic heterocycles. The van der Waals surface area contributed by atoms with Gasteiger partial charge in [0.1, 0.15) is 5.75 Å². The SMILES string of the molecule is CC(C)(Oc1ccc(Br)cc1)C(=O)Nc1ccccc1N1CCCC1. The average molecular weight is 403 g/mol. The highest BCUT2D eigenvalue weighted by Gasteiger charge is 2.31. The van der Waals surface area contributed by atoms with Gasteiger partial charge in [-0.1, -0.05) is 28.1 Å². The predicted octanol–water partition coefficient (Wildman–Crippen LogP) is 4.85. The highest BCUT2D eigenvalue weighted by atomic mass is 79.9. The minimum atomic E-state index is -0.980. The lowest BCUT2D eigenvalue weighted by atomic mass is 10.1. The number of hydrogen-bond acceptors (Lipinski definition) is 3. The van der Waals surface area contributed by atoms with Crippen molar-refractivity contribution in [2.75, 3.05) is 23.3 Å². The molecule has 5 heteroatoms. The molecule has 1 N–H and O–H groups in total. The number of anilines is 2. The monoisotopic (exact) mass is 402 g/mol. The van der Waals surface area contributed by atoms with Crippen molar-refractivity contribution in [2.24, 2.45) is 0 Å². The van der Waals surface area contributed by atoms with E-state index in [1.165, 1.54) is 12.8 Å². The molecule has 0 spiro atoms. The van der Waals surface area contributed by atoms with Crippen LogP contribution in [0.3, 0.4) is 0 Å². The van der Waals surface area contributed by atoms with Crippen molar-refractivity contribution >= 4 is 33.2 Å². The summed E-state index contributed by atoms with van der Waals surface area (Å²) in [6, 6.07) is 15.4. The summed E-state index contributed by atoms with van der Waals surface area (Å²) in [6.07, 6.45) is 2.39. The maximum Gasteiger partial charge on any atom is 0.268 e. The van der Waals surface area contributed by atoms with Crippen LogP contribution in [0.15, 0.2) is 53.0 Å². The standard InChI is InChI=1S/C20H23BrN2O2/c1-20(2,25-16-11-9-15(21)10-12-16)19(24)22-17-7-3-4-8-18(17)23-13-5-6-14-23/h3-4,7-12H,5-6,13-14H2,1-2H3,(H,22,24). The van der Waals surface area contributed by atoms with Gasteiger partial charge in [-0.05, 0) is 63.1 Å². The first-order chi connectivity index (χ1) is 12.0. The zero-order valence-corrected chi connectivity index (χ0v) is 16.2. The summed E-state index contributed by atoms with van der Waals surface area (Å²) in [7, 11) is 0. The Hall–Kier alpha value is -2.01. The summed E-state index contributed by atoms with van der Waals surface area (Å²) >= 11 is 3.40. The molecule has 0 unspecified atom stereocenters. The van der Waals surface area contributed by atoms with E-state index >= 15 is 0 Å². The van der Waals surface area contributed by atoms with E-state index in [1.807, 2.05) is 42.5 Å². The molecule has 0 aliphatic carbocycles. The first kappa shape index (κ1) is 17.8. The van der Waals surface area contributed by atoms with Crippen molar-refractivity contribution in [3.63, 3.8) is 0 Å². The predicted molar refractivity (Wildman–Crippen MR) is 105 cm³/mol. The van der Waals surface area contributed by atoms with E-state index in [4.69, 9.17) is 4.74 Å². The molecule has 1 amide bonds. The molecule has 0 bridgehead atoms. The Morgan fingerprint density at radius 1 is 1.08 bits per heavy atom. The number of para-hydroxylation sites is 2. The van der Waals surface area contributed by atoms with E-state index in [0.717, 1.165) is 28.9 Å². The summed E-state index contributed by atoms with van der Waals surface area (Å²) in [6.45, 7) is 5.63. The molecule has 0 atom stereocenters. The van der Waals surface area contributed by atoms with Crippen LogP contribution in [0, 0.1) is 0 Å². The molecule has 1 fully saturated rings. The Balaban J connectivity index is 1.73. The van der Waals surface area contributed by atoms with Crippen LogP contribution in [0.5, 0.6) is 5.75 Å². The number of halogens is 1. The lowest BCUT2D eigenvalue weighted by Gasteiger charge is -2.27. The molecule has 0 radical (unpaired) electrons. The summed E-state index contributed by atoms with van der Waals surface area (Å²) in [5.74, 6) is 0.498. The molecule has 2 aromatic rings. The Bertz CT molecular complexity index is 738. The molecule has 2 aromatic carbocycles. The molecule has 132 valence electrons. The minimum absolute atomic E-state index is 0.165. The van der Waals surface area contributed by atoms with Gasteiger partial charge in [-0.25, -0.2) is 0 Å². The molecule has 0 saturated carbocycles. The fourth-order valence-electron chi connectivity index (χ4n) is 2.93. The fraction of sp³-hybridized carbons (Fsp3) is 0.350. The topological polar surface area (TPSA) is 41.6 Å². The summed E-state index contributed by atoms with van der Waals surface area (Å²) in [4.78, 5) is 15.1. The molecule has 1 aliphatic rings. The molecule has 4 nitrogen and oxygen atoms in total. The molecule has 3 rings (SSSR count). The van der Waals surface area contributed by atoms with Gasteiger partial charge < -0.3 is 15.0 Å². The maximum absolute atomic E-state index is 12.8. The number of hydrogen-bond donors (Lipinski definition) is 1. The van der Waals surface area contributed by atoms with E-state index in [-0.39, 0.29) is 5.91 Å². The zero-order valence-electron chi connectivity index (χ0n) is 14.6. The molecular weight excluding hydrogens is 380 g/mol. The average Bonchev–Trinajstić information content (AvgIpc) is 3.11. The van der Waals surface area contributed by atoms with Gasteiger partial charge in [0.15, 0.2) is 5.60 Å². The first-order valence-electron chi connectivity index (χ1n) is 8.56. The number of nitrogens with one attached hydrogen (secondary N) is 1. The van der Waals surface area contributed by atoms with Gasteiger partial charge in [0, 0.05) is 17.6 Å². The van der Waals surface area contributed by atoms with Gasteiger partial charge in [0.2, 0.25) is 0 Å². The lowest BCUT2D eigenvalue weighted by Crippen LogP contribution is -2.42. The Kier molecular flexibility index (Phi) is 5.33. The third kappa shape index (κ3) is 4.34. The first-order valence-corrected chi connectivity index (χ1v) is 9.35. The minimum Gasteiger partial charge on any atom is -0.478 e. The van der Waals surface area contributed by atoms with E-state index in [2.05, 4.69) is 32.2 Å². The van der Waals surface area contributed by atoms with Crippen molar-refractivity contribution in [1.82, 2.24) is 0 Å². The quantitative estimate of drug-likeness (QED) is 0.777. The van der Waals surface area contributed by atoms with Crippen LogP contribution in [0.1, 0.15) is 26.7 Å². The highest BCUT2D eigenvalue weighted by molar-refractivity contribution is 9.10. The van der Waals surface area contributed by atoms with Crippen LogP contribution in [0.2, 0.25) is 0 Å². The second kappa shape index (κ2) is 7.48. The van der Waals surface area contributed by atoms with Crippen LogP contribution in [0.4, 0.5) is 11.4 Å². The van der Waals surface area contributed by atoms with Crippen LogP contribution in [0.25, 0.3) is 0 Å². The number of benzene rings is 2. The van der Waals surface area contributed by atoms with Gasteiger partial charge in [0.05, 0.1) is 11.4 Å². The number of rotatable bonds is 5. The molecular formula is C20H23BrN2O2. The number of ether oxygens (including phenoxy) is 1. The second-order valence-corrected chi connectivity index (χ2v) is 7.65. The lowest BCUT2D eigenvalue weighted by molar-refractivity contribution is -0.128. The number of amides is 1. The molecule has 0 aromatic heterocycles. The number of nitrogens with zero attached hydrogens (tertiary/aromatic N) is 1. The molecule has 1 saturated heterocycles. The largest absolute Gasteiger partial charge is 0.478 e. The van der Waals surface area contributed by atoms with Crippen LogP contribution < -0.4 is 15.0 Å². The van der Waals surface area contributed by atoms with Gasteiger partial charge in [-0.3, -0.25) is 4.79 Å². The van der Waals surface area contributed by atoms with Gasteiger partial charge in [-0.15, -0.1) is 0 Å². The number of carbonyl (C=O) groups is 1. The molecule has 25 heavy (non-hydrogen) atoms. The molecule has 1 heterocycles.